The first-order valence-corrected chi connectivity index (χ1v) is 7.93. The van der Waals surface area contributed by atoms with Gasteiger partial charge in [0.1, 0.15) is 17.6 Å². The van der Waals surface area contributed by atoms with Crippen LogP contribution in [0.5, 0.6) is 0 Å². The third kappa shape index (κ3) is 4.07. The van der Waals surface area contributed by atoms with Gasteiger partial charge in [-0.1, -0.05) is 12.1 Å². The number of rotatable bonds is 5. The highest BCUT2D eigenvalue weighted by Gasteiger charge is 2.22. The molecule has 5 nitrogen and oxygen atoms in total. The maximum atomic E-state index is 13.2. The molecule has 1 atom stereocenters. The lowest BCUT2D eigenvalue weighted by Crippen LogP contribution is -2.41. The van der Waals surface area contributed by atoms with Gasteiger partial charge in [-0.3, -0.25) is 4.90 Å². The summed E-state index contributed by atoms with van der Waals surface area (Å²) in [5, 5.41) is 12.2. The fraction of sp³-hybridized carbons (Fsp3) is 0.333. The average molecular weight is 326 g/mol. The summed E-state index contributed by atoms with van der Waals surface area (Å²) in [7, 11) is 0. The lowest BCUT2D eigenvalue weighted by atomic mass is 10.0. The van der Waals surface area contributed by atoms with Gasteiger partial charge in [-0.05, 0) is 29.8 Å². The van der Waals surface area contributed by atoms with Gasteiger partial charge in [0.25, 0.3) is 0 Å². The molecule has 0 spiro atoms. The highest BCUT2D eigenvalue weighted by Crippen LogP contribution is 2.23. The van der Waals surface area contributed by atoms with Gasteiger partial charge in [-0.15, -0.1) is 0 Å². The van der Waals surface area contributed by atoms with Gasteiger partial charge in [0, 0.05) is 19.6 Å². The Bertz CT molecular complexity index is 690. The summed E-state index contributed by atoms with van der Waals surface area (Å²) in [6, 6.07) is 12.3. The minimum Gasteiger partial charge on any atom is -0.382 e. The Morgan fingerprint density at radius 3 is 2.58 bits per heavy atom. The third-order valence-electron chi connectivity index (χ3n) is 4.12. The second-order valence-corrected chi connectivity index (χ2v) is 5.64. The largest absolute Gasteiger partial charge is 0.382 e. The quantitative estimate of drug-likeness (QED) is 0.915. The van der Waals surface area contributed by atoms with E-state index < -0.39 is 0 Å². The molecule has 2 heterocycles. The van der Waals surface area contributed by atoms with Crippen LogP contribution >= 0.6 is 0 Å². The molecule has 0 saturated carbocycles. The zero-order chi connectivity index (χ0) is 16.8. The summed E-state index contributed by atoms with van der Waals surface area (Å²) in [5.74, 6) is -0.233. The molecule has 3 rings (SSSR count). The fourth-order valence-electron chi connectivity index (χ4n) is 2.81. The molecule has 0 radical (unpaired) electrons. The van der Waals surface area contributed by atoms with Crippen molar-refractivity contribution < 1.29 is 9.13 Å². The van der Waals surface area contributed by atoms with Crippen LogP contribution in [0.4, 0.5) is 10.1 Å². The molecule has 24 heavy (non-hydrogen) atoms. The number of morpholine rings is 1. The fourth-order valence-corrected chi connectivity index (χ4v) is 2.81. The molecule has 1 fully saturated rings. The van der Waals surface area contributed by atoms with Crippen molar-refractivity contribution in [3.63, 3.8) is 0 Å². The van der Waals surface area contributed by atoms with E-state index in [1.807, 2.05) is 24.3 Å². The SMILES string of the molecule is N#Cc1ccc(NC[C@@H](c2ccc(F)cc2)N2CCOCC2)cn1. The van der Waals surface area contributed by atoms with Crippen molar-refractivity contribution in [3.8, 4) is 6.07 Å². The molecular formula is C18H19FN4O. The number of nitrogens with one attached hydrogen (secondary N) is 1. The van der Waals surface area contributed by atoms with Crippen LogP contribution in [0.1, 0.15) is 17.3 Å². The molecule has 1 aromatic heterocycles. The van der Waals surface area contributed by atoms with E-state index in [1.165, 1.54) is 12.1 Å². The monoisotopic (exact) mass is 326 g/mol. The summed E-state index contributed by atoms with van der Waals surface area (Å²) >= 11 is 0. The molecule has 0 aliphatic carbocycles. The highest BCUT2D eigenvalue weighted by atomic mass is 19.1. The average Bonchev–Trinajstić information content (AvgIpc) is 2.65. The number of hydrogen-bond acceptors (Lipinski definition) is 5. The van der Waals surface area contributed by atoms with Gasteiger partial charge in [0.05, 0.1) is 31.1 Å². The molecule has 1 N–H and O–H groups in total. The first-order valence-electron chi connectivity index (χ1n) is 7.93. The normalized spacial score (nSPS) is 16.3. The van der Waals surface area contributed by atoms with Crippen molar-refractivity contribution in [3.05, 3.63) is 59.7 Å². The van der Waals surface area contributed by atoms with Crippen LogP contribution in [-0.2, 0) is 4.74 Å². The van der Waals surface area contributed by atoms with E-state index >= 15 is 0 Å². The number of aromatic nitrogens is 1. The minimum absolute atomic E-state index is 0.116. The number of anilines is 1. The summed E-state index contributed by atoms with van der Waals surface area (Å²) in [6.45, 7) is 3.76. The Labute approximate surface area is 140 Å². The standard InChI is InChI=1S/C18H19FN4O/c19-15-3-1-14(2-4-15)18(23-7-9-24-10-8-23)13-22-17-6-5-16(11-20)21-12-17/h1-6,12,18,22H,7-10,13H2/t18-/m0/s1. The van der Waals surface area contributed by atoms with Crippen LogP contribution < -0.4 is 5.32 Å². The van der Waals surface area contributed by atoms with E-state index in [-0.39, 0.29) is 11.9 Å². The van der Waals surface area contributed by atoms with Gasteiger partial charge in [0.2, 0.25) is 0 Å². The smallest absolute Gasteiger partial charge is 0.140 e. The van der Waals surface area contributed by atoms with Crippen LogP contribution in [0.25, 0.3) is 0 Å². The molecule has 6 heteroatoms. The number of ether oxygens (including phenoxy) is 1. The van der Waals surface area contributed by atoms with Crippen molar-refractivity contribution in [1.82, 2.24) is 9.88 Å². The van der Waals surface area contributed by atoms with Crippen molar-refractivity contribution in [2.45, 2.75) is 6.04 Å². The number of halogens is 1. The van der Waals surface area contributed by atoms with E-state index in [9.17, 15) is 4.39 Å². The van der Waals surface area contributed by atoms with Crippen molar-refractivity contribution in [2.75, 3.05) is 38.2 Å². The molecule has 1 saturated heterocycles. The van der Waals surface area contributed by atoms with E-state index in [0.29, 0.717) is 25.5 Å². The molecule has 1 aliphatic rings. The molecule has 1 aromatic carbocycles. The van der Waals surface area contributed by atoms with Crippen molar-refractivity contribution in [2.24, 2.45) is 0 Å². The number of nitriles is 1. The van der Waals surface area contributed by atoms with Crippen LogP contribution in [0.3, 0.4) is 0 Å². The number of hydrogen-bond donors (Lipinski definition) is 1. The van der Waals surface area contributed by atoms with Crippen molar-refractivity contribution >= 4 is 5.69 Å². The van der Waals surface area contributed by atoms with E-state index in [0.717, 1.165) is 24.3 Å². The maximum Gasteiger partial charge on any atom is 0.140 e. The summed E-state index contributed by atoms with van der Waals surface area (Å²) in [5.41, 5.74) is 2.31. The summed E-state index contributed by atoms with van der Waals surface area (Å²) < 4.78 is 18.7. The number of pyridine rings is 1. The molecule has 2 aromatic rings. The zero-order valence-corrected chi connectivity index (χ0v) is 13.3. The summed E-state index contributed by atoms with van der Waals surface area (Å²) in [6.07, 6.45) is 1.65. The molecule has 0 bridgehead atoms. The minimum atomic E-state index is -0.233. The topological polar surface area (TPSA) is 61.2 Å². The van der Waals surface area contributed by atoms with E-state index in [4.69, 9.17) is 10.00 Å². The Hall–Kier alpha value is -2.49. The zero-order valence-electron chi connectivity index (χ0n) is 13.3. The van der Waals surface area contributed by atoms with Gasteiger partial charge >= 0.3 is 0 Å². The van der Waals surface area contributed by atoms with Crippen molar-refractivity contribution in [1.29, 1.82) is 5.26 Å². The Morgan fingerprint density at radius 1 is 1.21 bits per heavy atom. The highest BCUT2D eigenvalue weighted by molar-refractivity contribution is 5.43. The van der Waals surface area contributed by atoms with Gasteiger partial charge in [-0.2, -0.15) is 5.26 Å². The van der Waals surface area contributed by atoms with E-state index in [1.54, 1.807) is 12.3 Å². The molecule has 1 aliphatic heterocycles. The molecule has 0 amide bonds. The Morgan fingerprint density at radius 2 is 1.96 bits per heavy atom. The second kappa shape index (κ2) is 7.86. The first kappa shape index (κ1) is 16.4. The van der Waals surface area contributed by atoms with Crippen LogP contribution in [0.15, 0.2) is 42.6 Å². The van der Waals surface area contributed by atoms with E-state index in [2.05, 4.69) is 15.2 Å². The van der Waals surface area contributed by atoms with Gasteiger partial charge in [0.15, 0.2) is 0 Å². The lowest BCUT2D eigenvalue weighted by molar-refractivity contribution is 0.0187. The molecular weight excluding hydrogens is 307 g/mol. The number of benzene rings is 1. The lowest BCUT2D eigenvalue weighted by Gasteiger charge is -2.35. The molecule has 124 valence electrons. The van der Waals surface area contributed by atoms with Crippen LogP contribution in [0, 0.1) is 17.1 Å². The first-order chi connectivity index (χ1) is 11.8. The summed E-state index contributed by atoms with van der Waals surface area (Å²) in [4.78, 5) is 6.40. The number of nitrogens with zero attached hydrogens (tertiary/aromatic N) is 3. The predicted molar refractivity (Wildman–Crippen MR) is 89.0 cm³/mol. The molecule has 0 unspecified atom stereocenters. The van der Waals surface area contributed by atoms with Gasteiger partial charge in [-0.25, -0.2) is 9.37 Å². The Balaban J connectivity index is 1.73. The van der Waals surface area contributed by atoms with Gasteiger partial charge < -0.3 is 10.1 Å². The third-order valence-corrected chi connectivity index (χ3v) is 4.12. The maximum absolute atomic E-state index is 13.2. The predicted octanol–water partition coefficient (Wildman–Crippen LogP) is 2.58. The van der Waals surface area contributed by atoms with Crippen LogP contribution in [-0.4, -0.2) is 42.7 Å². The second-order valence-electron chi connectivity index (χ2n) is 5.64. The van der Waals surface area contributed by atoms with Crippen LogP contribution in [0.2, 0.25) is 0 Å². The Kier molecular flexibility index (Phi) is 5.36.